The normalized spacial score (nSPS) is 16.9. The van der Waals surface area contributed by atoms with E-state index in [1.807, 2.05) is 55.5 Å². The zero-order valence-corrected chi connectivity index (χ0v) is 23.2. The lowest BCUT2D eigenvalue weighted by Gasteiger charge is -2.26. The molecule has 3 aromatic carbocycles. The van der Waals surface area contributed by atoms with Crippen molar-refractivity contribution in [3.05, 3.63) is 130 Å². The number of ether oxygens (including phenoxy) is 1. The Balaban J connectivity index is 1.49. The Kier molecular flexibility index (Phi) is 7.35. The number of aliphatic hydroxyl groups is 1. The molecule has 6 heteroatoms. The summed E-state index contributed by atoms with van der Waals surface area (Å²) in [5.41, 5.74) is 4.51. The van der Waals surface area contributed by atoms with E-state index in [-0.39, 0.29) is 23.3 Å². The van der Waals surface area contributed by atoms with E-state index in [9.17, 15) is 14.7 Å². The Morgan fingerprint density at radius 2 is 1.62 bits per heavy atom. The molecule has 0 saturated carbocycles. The van der Waals surface area contributed by atoms with Gasteiger partial charge in [0.1, 0.15) is 23.9 Å². The van der Waals surface area contributed by atoms with E-state index in [4.69, 9.17) is 9.15 Å². The highest BCUT2D eigenvalue weighted by atomic mass is 16.5. The van der Waals surface area contributed by atoms with Gasteiger partial charge in [0, 0.05) is 5.56 Å². The molecule has 1 saturated heterocycles. The SMILES string of the molecule is Cc1ccccc1COc1ccc(/C(O)=C2\C(=O)C(=O)N(Cc3ccco3)C2c2ccc(C(C)(C)C)cc2)cc1. The molecule has 1 aromatic heterocycles. The fourth-order valence-corrected chi connectivity index (χ4v) is 4.92. The maximum absolute atomic E-state index is 13.4. The zero-order chi connectivity index (χ0) is 28.4. The van der Waals surface area contributed by atoms with Crippen molar-refractivity contribution >= 4 is 17.4 Å². The van der Waals surface area contributed by atoms with Crippen LogP contribution in [0.15, 0.2) is 101 Å². The van der Waals surface area contributed by atoms with Gasteiger partial charge in [-0.1, -0.05) is 69.3 Å². The van der Waals surface area contributed by atoms with E-state index in [1.54, 1.807) is 36.4 Å². The fraction of sp³-hybridized carbons (Fsp3) is 0.235. The number of hydrogen-bond donors (Lipinski definition) is 1. The number of furan rings is 1. The number of carbonyl (C=O) groups is 2. The van der Waals surface area contributed by atoms with Crippen LogP contribution in [0, 0.1) is 6.92 Å². The number of Topliss-reactive ketones (excluding diaryl/α,β-unsaturated/α-hetero) is 1. The summed E-state index contributed by atoms with van der Waals surface area (Å²) in [6, 6.07) is 25.5. The van der Waals surface area contributed by atoms with E-state index >= 15 is 0 Å². The standard InChI is InChI=1S/C34H33NO5/c1-22-8-5-6-9-25(22)21-40-27-17-13-24(14-18-27)31(36)29-30(23-11-15-26(16-12-23)34(2,3)4)35(33(38)32(29)37)20-28-10-7-19-39-28/h5-19,30,36H,20-21H2,1-4H3/b31-29+. The number of ketones is 1. The lowest BCUT2D eigenvalue weighted by atomic mass is 9.85. The van der Waals surface area contributed by atoms with Gasteiger partial charge in [-0.3, -0.25) is 9.59 Å². The minimum atomic E-state index is -0.767. The molecule has 1 unspecified atom stereocenters. The van der Waals surface area contributed by atoms with Crippen LogP contribution >= 0.6 is 0 Å². The van der Waals surface area contributed by atoms with Crippen LogP contribution in [0.2, 0.25) is 0 Å². The quantitative estimate of drug-likeness (QED) is 0.155. The van der Waals surface area contributed by atoms with Crippen LogP contribution in [0.5, 0.6) is 5.75 Å². The van der Waals surface area contributed by atoms with Crippen molar-refractivity contribution in [3.63, 3.8) is 0 Å². The molecular formula is C34H33NO5. The van der Waals surface area contributed by atoms with E-state index in [1.165, 1.54) is 11.2 Å². The number of amides is 1. The van der Waals surface area contributed by atoms with Gasteiger partial charge in [-0.15, -0.1) is 0 Å². The smallest absolute Gasteiger partial charge is 0.296 e. The molecule has 0 spiro atoms. The minimum Gasteiger partial charge on any atom is -0.507 e. The molecule has 1 fully saturated rings. The van der Waals surface area contributed by atoms with Crippen molar-refractivity contribution in [2.75, 3.05) is 0 Å². The number of rotatable bonds is 7. The summed E-state index contributed by atoms with van der Waals surface area (Å²) in [5, 5.41) is 11.4. The highest BCUT2D eigenvalue weighted by Gasteiger charge is 2.46. The van der Waals surface area contributed by atoms with Crippen molar-refractivity contribution in [2.45, 2.75) is 52.3 Å². The van der Waals surface area contributed by atoms with Crippen LogP contribution in [-0.4, -0.2) is 21.7 Å². The molecular weight excluding hydrogens is 502 g/mol. The topological polar surface area (TPSA) is 80.0 Å². The highest BCUT2D eigenvalue weighted by molar-refractivity contribution is 6.46. The third-order valence-electron chi connectivity index (χ3n) is 7.32. The number of carbonyl (C=O) groups excluding carboxylic acids is 2. The first-order valence-electron chi connectivity index (χ1n) is 13.3. The summed E-state index contributed by atoms with van der Waals surface area (Å²) in [7, 11) is 0. The van der Waals surface area contributed by atoms with Crippen LogP contribution in [0.4, 0.5) is 0 Å². The number of nitrogens with zero attached hydrogens (tertiary/aromatic N) is 1. The first-order chi connectivity index (χ1) is 19.1. The molecule has 2 heterocycles. The molecule has 5 rings (SSSR count). The van der Waals surface area contributed by atoms with Gasteiger partial charge in [0.15, 0.2) is 0 Å². The summed E-state index contributed by atoms with van der Waals surface area (Å²) >= 11 is 0. The predicted molar refractivity (Wildman–Crippen MR) is 154 cm³/mol. The second-order valence-electron chi connectivity index (χ2n) is 11.1. The fourth-order valence-electron chi connectivity index (χ4n) is 4.92. The van der Waals surface area contributed by atoms with Crippen LogP contribution in [-0.2, 0) is 28.2 Å². The zero-order valence-electron chi connectivity index (χ0n) is 23.2. The number of likely N-dealkylation sites (tertiary alicyclic amines) is 1. The molecule has 1 amide bonds. The second kappa shape index (κ2) is 10.9. The van der Waals surface area contributed by atoms with Gasteiger partial charge in [0.05, 0.1) is 24.4 Å². The lowest BCUT2D eigenvalue weighted by molar-refractivity contribution is -0.140. The van der Waals surface area contributed by atoms with E-state index < -0.39 is 17.7 Å². The first-order valence-corrected chi connectivity index (χ1v) is 13.3. The first kappa shape index (κ1) is 27.0. The summed E-state index contributed by atoms with van der Waals surface area (Å²) in [6.07, 6.45) is 1.53. The monoisotopic (exact) mass is 535 g/mol. The number of aryl methyl sites for hydroxylation is 1. The van der Waals surface area contributed by atoms with Gasteiger partial charge < -0.3 is 19.2 Å². The molecule has 1 aliphatic rings. The summed E-state index contributed by atoms with van der Waals surface area (Å²) in [4.78, 5) is 28.1. The highest BCUT2D eigenvalue weighted by Crippen LogP contribution is 2.41. The summed E-state index contributed by atoms with van der Waals surface area (Å²) < 4.78 is 11.4. The lowest BCUT2D eigenvalue weighted by Crippen LogP contribution is -2.29. The Bertz CT molecular complexity index is 1540. The van der Waals surface area contributed by atoms with Gasteiger partial charge >= 0.3 is 0 Å². The summed E-state index contributed by atoms with van der Waals surface area (Å²) in [5.74, 6) is -0.453. The van der Waals surface area contributed by atoms with Crippen LogP contribution < -0.4 is 4.74 Å². The van der Waals surface area contributed by atoms with Crippen molar-refractivity contribution in [2.24, 2.45) is 0 Å². The van der Waals surface area contributed by atoms with Crippen molar-refractivity contribution in [1.29, 1.82) is 0 Å². The molecule has 1 aliphatic heterocycles. The maximum atomic E-state index is 13.4. The Morgan fingerprint density at radius 3 is 2.25 bits per heavy atom. The van der Waals surface area contributed by atoms with Crippen molar-refractivity contribution in [3.8, 4) is 5.75 Å². The molecule has 0 aliphatic carbocycles. The van der Waals surface area contributed by atoms with Crippen molar-refractivity contribution in [1.82, 2.24) is 4.90 Å². The predicted octanol–water partition coefficient (Wildman–Crippen LogP) is 7.09. The van der Waals surface area contributed by atoms with Gasteiger partial charge in [-0.05, 0) is 71.0 Å². The molecule has 40 heavy (non-hydrogen) atoms. The molecule has 6 nitrogen and oxygen atoms in total. The Morgan fingerprint density at radius 1 is 0.925 bits per heavy atom. The van der Waals surface area contributed by atoms with Gasteiger partial charge in [-0.25, -0.2) is 0 Å². The van der Waals surface area contributed by atoms with Gasteiger partial charge in [0.25, 0.3) is 11.7 Å². The largest absolute Gasteiger partial charge is 0.507 e. The third-order valence-corrected chi connectivity index (χ3v) is 7.32. The van der Waals surface area contributed by atoms with Crippen molar-refractivity contribution < 1.29 is 23.8 Å². The van der Waals surface area contributed by atoms with Gasteiger partial charge in [-0.2, -0.15) is 0 Å². The molecule has 1 atom stereocenters. The minimum absolute atomic E-state index is 0.0497. The van der Waals surface area contributed by atoms with E-state index in [0.29, 0.717) is 23.7 Å². The van der Waals surface area contributed by atoms with E-state index in [2.05, 4.69) is 20.8 Å². The Labute approximate surface area is 234 Å². The third kappa shape index (κ3) is 5.43. The van der Waals surface area contributed by atoms with Crippen LogP contribution in [0.25, 0.3) is 5.76 Å². The molecule has 0 bridgehead atoms. The second-order valence-corrected chi connectivity index (χ2v) is 11.1. The molecule has 204 valence electrons. The molecule has 1 N–H and O–H groups in total. The number of aliphatic hydroxyl groups excluding tert-OH is 1. The van der Waals surface area contributed by atoms with E-state index in [0.717, 1.165) is 22.3 Å². The van der Waals surface area contributed by atoms with Crippen LogP contribution in [0.1, 0.15) is 60.4 Å². The molecule has 4 aromatic rings. The Hall–Kier alpha value is -4.58. The summed E-state index contributed by atoms with van der Waals surface area (Å²) in [6.45, 7) is 8.93. The molecule has 0 radical (unpaired) electrons. The number of benzene rings is 3. The average molecular weight is 536 g/mol. The van der Waals surface area contributed by atoms with Crippen LogP contribution in [0.3, 0.4) is 0 Å². The number of hydrogen-bond acceptors (Lipinski definition) is 5. The average Bonchev–Trinajstić information content (AvgIpc) is 3.54. The van der Waals surface area contributed by atoms with Gasteiger partial charge in [0.2, 0.25) is 0 Å². The maximum Gasteiger partial charge on any atom is 0.296 e.